The first-order valence-electron chi connectivity index (χ1n) is 4.63. The van der Waals surface area contributed by atoms with Crippen molar-refractivity contribution < 1.29 is 0 Å². The summed E-state index contributed by atoms with van der Waals surface area (Å²) in [4.78, 5) is 8.15. The molecule has 82 valence electrons. The lowest BCUT2D eigenvalue weighted by atomic mass is 10.1. The third-order valence-electron chi connectivity index (χ3n) is 2.08. The average molecular weight is 254 g/mol. The molecule has 1 heterocycles. The van der Waals surface area contributed by atoms with Gasteiger partial charge in [-0.2, -0.15) is 0 Å². The van der Waals surface area contributed by atoms with E-state index in [0.29, 0.717) is 11.0 Å². The molecule has 1 aromatic heterocycles. The quantitative estimate of drug-likeness (QED) is 0.387. The van der Waals surface area contributed by atoms with Gasteiger partial charge in [-0.05, 0) is 23.6 Å². The van der Waals surface area contributed by atoms with E-state index in [9.17, 15) is 0 Å². The van der Waals surface area contributed by atoms with Crippen molar-refractivity contribution in [2.45, 2.75) is 0 Å². The number of hydrogen-bond donors (Lipinski definition) is 1. The van der Waals surface area contributed by atoms with Crippen LogP contribution in [0.5, 0.6) is 0 Å². The van der Waals surface area contributed by atoms with E-state index in [1.54, 1.807) is 12.3 Å². The zero-order valence-electron chi connectivity index (χ0n) is 8.32. The highest BCUT2D eigenvalue weighted by Gasteiger charge is 1.98. The Bertz CT molecular complexity index is 552. The average Bonchev–Trinajstić information content (AvgIpc) is 2.28. The van der Waals surface area contributed by atoms with Crippen molar-refractivity contribution >= 4 is 45.5 Å². The normalized spacial score (nSPS) is 12.0. The van der Waals surface area contributed by atoms with E-state index < -0.39 is 0 Å². The molecule has 0 saturated heterocycles. The zero-order chi connectivity index (χ0) is 11.5. The van der Waals surface area contributed by atoms with Crippen LogP contribution in [0.25, 0.3) is 10.8 Å². The molecule has 0 fully saturated rings. The number of aromatic nitrogens is 1. The number of aliphatic imine (C=N–C) groups is 1. The first kappa shape index (κ1) is 11.2. The van der Waals surface area contributed by atoms with Crippen molar-refractivity contribution in [2.24, 2.45) is 10.7 Å². The van der Waals surface area contributed by atoms with E-state index in [1.165, 1.54) is 0 Å². The summed E-state index contributed by atoms with van der Waals surface area (Å²) in [5.74, 6) is 0.607. The molecule has 0 amide bonds. The number of benzene rings is 1. The Morgan fingerprint density at radius 2 is 2.12 bits per heavy atom. The van der Waals surface area contributed by atoms with Crippen LogP contribution in [-0.2, 0) is 0 Å². The number of halogens is 2. The predicted octanol–water partition coefficient (Wildman–Crippen LogP) is 3.12. The highest BCUT2D eigenvalue weighted by Crippen LogP contribution is 2.22. The maximum atomic E-state index is 5.81. The second-order valence-corrected chi connectivity index (χ2v) is 3.93. The summed E-state index contributed by atoms with van der Waals surface area (Å²) in [5, 5.41) is 2.44. The molecular formula is C11H9Cl2N3. The van der Waals surface area contributed by atoms with Crippen molar-refractivity contribution in [3.8, 4) is 0 Å². The highest BCUT2D eigenvalue weighted by molar-refractivity contribution is 6.30. The van der Waals surface area contributed by atoms with Gasteiger partial charge in [0.05, 0.1) is 11.6 Å². The molecule has 5 heteroatoms. The molecule has 0 aliphatic rings. The number of rotatable bonds is 2. The van der Waals surface area contributed by atoms with E-state index in [4.69, 9.17) is 28.9 Å². The van der Waals surface area contributed by atoms with Gasteiger partial charge in [0.25, 0.3) is 0 Å². The highest BCUT2D eigenvalue weighted by atomic mass is 35.5. The van der Waals surface area contributed by atoms with Crippen molar-refractivity contribution in [1.29, 1.82) is 0 Å². The predicted molar refractivity (Wildman–Crippen MR) is 68.8 cm³/mol. The van der Waals surface area contributed by atoms with Gasteiger partial charge in [0.1, 0.15) is 11.0 Å². The number of pyridine rings is 1. The van der Waals surface area contributed by atoms with Gasteiger partial charge < -0.3 is 5.73 Å². The number of fused-ring (bicyclic) bond motifs is 1. The molecule has 2 rings (SSSR count). The SMILES string of the molecule is NC(CCl)=Nc1ccc2cnc(Cl)cc2c1. The minimum absolute atomic E-state index is 0.217. The Labute approximate surface area is 103 Å². The smallest absolute Gasteiger partial charge is 0.129 e. The summed E-state index contributed by atoms with van der Waals surface area (Å²) < 4.78 is 0. The van der Waals surface area contributed by atoms with Crippen LogP contribution < -0.4 is 5.73 Å². The lowest BCUT2D eigenvalue weighted by Gasteiger charge is -2.00. The van der Waals surface area contributed by atoms with Crippen LogP contribution in [0.15, 0.2) is 35.5 Å². The maximum absolute atomic E-state index is 5.81. The lowest BCUT2D eigenvalue weighted by Crippen LogP contribution is -2.12. The first-order valence-corrected chi connectivity index (χ1v) is 5.54. The number of amidine groups is 1. The van der Waals surface area contributed by atoms with E-state index in [2.05, 4.69) is 9.98 Å². The summed E-state index contributed by atoms with van der Waals surface area (Å²) in [7, 11) is 0. The summed E-state index contributed by atoms with van der Waals surface area (Å²) in [6, 6.07) is 7.45. The van der Waals surface area contributed by atoms with Gasteiger partial charge in [-0.25, -0.2) is 9.98 Å². The molecular weight excluding hydrogens is 245 g/mol. The van der Waals surface area contributed by atoms with Crippen LogP contribution >= 0.6 is 23.2 Å². The van der Waals surface area contributed by atoms with E-state index in [0.717, 1.165) is 16.5 Å². The lowest BCUT2D eigenvalue weighted by molar-refractivity contribution is 1.36. The topological polar surface area (TPSA) is 51.3 Å². The van der Waals surface area contributed by atoms with Gasteiger partial charge in [-0.15, -0.1) is 11.6 Å². The summed E-state index contributed by atoms with van der Waals surface area (Å²) in [6.07, 6.45) is 1.72. The minimum Gasteiger partial charge on any atom is -0.386 e. The number of nitrogens with two attached hydrogens (primary N) is 1. The maximum Gasteiger partial charge on any atom is 0.129 e. The number of hydrogen-bond acceptors (Lipinski definition) is 2. The van der Waals surface area contributed by atoms with Crippen molar-refractivity contribution in [1.82, 2.24) is 4.98 Å². The Balaban J connectivity index is 2.50. The van der Waals surface area contributed by atoms with Crippen LogP contribution in [0, 0.1) is 0 Å². The molecule has 1 aromatic carbocycles. The Morgan fingerprint density at radius 1 is 1.31 bits per heavy atom. The third-order valence-corrected chi connectivity index (χ3v) is 2.56. The molecule has 2 aromatic rings. The van der Waals surface area contributed by atoms with Gasteiger partial charge in [0.15, 0.2) is 0 Å². The second-order valence-electron chi connectivity index (χ2n) is 3.28. The Morgan fingerprint density at radius 3 is 2.88 bits per heavy atom. The monoisotopic (exact) mass is 253 g/mol. The van der Waals surface area contributed by atoms with Crippen LogP contribution in [0.4, 0.5) is 5.69 Å². The molecule has 0 aliphatic carbocycles. The molecule has 2 N–H and O–H groups in total. The standard InChI is InChI=1S/C11H9Cl2N3/c12-5-11(14)16-9-2-1-7-6-15-10(13)4-8(7)3-9/h1-4,6H,5H2,(H2,14,16). The zero-order valence-corrected chi connectivity index (χ0v) is 9.83. The fraction of sp³-hybridized carbons (Fsp3) is 0.0909. The van der Waals surface area contributed by atoms with E-state index in [-0.39, 0.29) is 5.88 Å². The Hall–Kier alpha value is -1.32. The fourth-order valence-corrected chi connectivity index (χ4v) is 1.59. The first-order chi connectivity index (χ1) is 7.69. The largest absolute Gasteiger partial charge is 0.386 e. The molecule has 0 saturated carbocycles. The van der Waals surface area contributed by atoms with Crippen molar-refractivity contribution in [2.75, 3.05) is 5.88 Å². The van der Waals surface area contributed by atoms with Gasteiger partial charge in [0.2, 0.25) is 0 Å². The van der Waals surface area contributed by atoms with Crippen molar-refractivity contribution in [3.63, 3.8) is 0 Å². The second kappa shape index (κ2) is 4.68. The number of nitrogens with zero attached hydrogens (tertiary/aromatic N) is 2. The summed E-state index contributed by atoms with van der Waals surface area (Å²) >= 11 is 11.4. The Kier molecular flexibility index (Phi) is 3.27. The van der Waals surface area contributed by atoms with Gasteiger partial charge >= 0.3 is 0 Å². The van der Waals surface area contributed by atoms with Crippen LogP contribution in [0.3, 0.4) is 0 Å². The third kappa shape index (κ3) is 2.43. The molecule has 0 spiro atoms. The van der Waals surface area contributed by atoms with Crippen LogP contribution in [0.1, 0.15) is 0 Å². The molecule has 16 heavy (non-hydrogen) atoms. The molecule has 0 bridgehead atoms. The van der Waals surface area contributed by atoms with Gasteiger partial charge in [-0.1, -0.05) is 17.7 Å². The van der Waals surface area contributed by atoms with Crippen LogP contribution in [0.2, 0.25) is 5.15 Å². The minimum atomic E-state index is 0.217. The van der Waals surface area contributed by atoms with E-state index in [1.807, 2.05) is 18.2 Å². The summed E-state index contributed by atoms with van der Waals surface area (Å²) in [6.45, 7) is 0. The molecule has 0 radical (unpaired) electrons. The van der Waals surface area contributed by atoms with E-state index >= 15 is 0 Å². The molecule has 3 nitrogen and oxygen atoms in total. The van der Waals surface area contributed by atoms with Crippen molar-refractivity contribution in [3.05, 3.63) is 35.6 Å². The molecule has 0 aliphatic heterocycles. The molecule has 0 unspecified atom stereocenters. The fourth-order valence-electron chi connectivity index (χ4n) is 1.37. The van der Waals surface area contributed by atoms with Gasteiger partial charge in [0, 0.05) is 11.6 Å². The molecule has 0 atom stereocenters. The summed E-state index contributed by atoms with van der Waals surface area (Å²) in [5.41, 5.74) is 6.32. The van der Waals surface area contributed by atoms with Crippen LogP contribution in [-0.4, -0.2) is 16.7 Å². The number of alkyl halides is 1. The van der Waals surface area contributed by atoms with Gasteiger partial charge in [-0.3, -0.25) is 0 Å².